The SMILES string of the molecule is O=C(O)C1c2ccccc2C(=O)N1Cc1cccs1. The Morgan fingerprint density at radius 3 is 2.74 bits per heavy atom. The Morgan fingerprint density at radius 2 is 2.05 bits per heavy atom. The van der Waals surface area contributed by atoms with E-state index in [1.807, 2.05) is 17.5 Å². The van der Waals surface area contributed by atoms with Gasteiger partial charge in [0.25, 0.3) is 5.91 Å². The minimum atomic E-state index is -0.991. The summed E-state index contributed by atoms with van der Waals surface area (Å²) in [5.74, 6) is -1.20. The highest BCUT2D eigenvalue weighted by atomic mass is 32.1. The molecule has 0 bridgehead atoms. The van der Waals surface area contributed by atoms with E-state index in [2.05, 4.69) is 0 Å². The zero-order chi connectivity index (χ0) is 13.4. The summed E-state index contributed by atoms with van der Waals surface area (Å²) in [6, 6.07) is 9.82. The molecule has 5 heteroatoms. The number of carboxylic acids is 1. The maximum atomic E-state index is 12.3. The molecule has 2 heterocycles. The molecular formula is C14H11NO3S. The molecule has 1 aliphatic heterocycles. The van der Waals surface area contributed by atoms with Gasteiger partial charge in [0, 0.05) is 10.4 Å². The predicted molar refractivity (Wildman–Crippen MR) is 71.0 cm³/mol. The molecule has 1 N–H and O–H groups in total. The Kier molecular flexibility index (Phi) is 2.83. The molecule has 0 aliphatic carbocycles. The van der Waals surface area contributed by atoms with Crippen molar-refractivity contribution in [2.24, 2.45) is 0 Å². The monoisotopic (exact) mass is 273 g/mol. The topological polar surface area (TPSA) is 57.6 Å². The van der Waals surface area contributed by atoms with Crippen molar-refractivity contribution in [2.75, 3.05) is 0 Å². The Labute approximate surface area is 113 Å². The highest BCUT2D eigenvalue weighted by Crippen LogP contribution is 2.35. The zero-order valence-corrected chi connectivity index (χ0v) is 10.8. The van der Waals surface area contributed by atoms with Crippen molar-refractivity contribution in [3.05, 3.63) is 57.8 Å². The van der Waals surface area contributed by atoms with Gasteiger partial charge in [-0.25, -0.2) is 4.79 Å². The molecule has 1 atom stereocenters. The van der Waals surface area contributed by atoms with E-state index in [0.29, 0.717) is 17.7 Å². The lowest BCUT2D eigenvalue weighted by Crippen LogP contribution is -2.31. The van der Waals surface area contributed by atoms with E-state index in [4.69, 9.17) is 0 Å². The van der Waals surface area contributed by atoms with Gasteiger partial charge in [0.1, 0.15) is 0 Å². The number of carbonyl (C=O) groups excluding carboxylic acids is 1. The molecule has 0 saturated heterocycles. The Hall–Kier alpha value is -2.14. The summed E-state index contributed by atoms with van der Waals surface area (Å²) in [5.41, 5.74) is 1.07. The Balaban J connectivity index is 2.01. The molecule has 1 aromatic carbocycles. The van der Waals surface area contributed by atoms with Gasteiger partial charge >= 0.3 is 5.97 Å². The molecule has 0 radical (unpaired) electrons. The van der Waals surface area contributed by atoms with Crippen LogP contribution in [0.2, 0.25) is 0 Å². The van der Waals surface area contributed by atoms with Crippen molar-refractivity contribution < 1.29 is 14.7 Å². The molecular weight excluding hydrogens is 262 g/mol. The first-order chi connectivity index (χ1) is 9.18. The molecule has 0 spiro atoms. The summed E-state index contributed by atoms with van der Waals surface area (Å²) < 4.78 is 0. The van der Waals surface area contributed by atoms with E-state index >= 15 is 0 Å². The maximum absolute atomic E-state index is 12.3. The summed E-state index contributed by atoms with van der Waals surface area (Å²) in [4.78, 5) is 26.2. The minimum absolute atomic E-state index is 0.212. The summed E-state index contributed by atoms with van der Waals surface area (Å²) >= 11 is 1.52. The van der Waals surface area contributed by atoms with E-state index in [-0.39, 0.29) is 5.91 Å². The van der Waals surface area contributed by atoms with Crippen LogP contribution >= 0.6 is 11.3 Å². The van der Waals surface area contributed by atoms with Crippen molar-refractivity contribution in [3.63, 3.8) is 0 Å². The third kappa shape index (κ3) is 1.92. The lowest BCUT2D eigenvalue weighted by Gasteiger charge is -2.21. The van der Waals surface area contributed by atoms with Gasteiger partial charge in [-0.3, -0.25) is 4.79 Å². The summed E-state index contributed by atoms with van der Waals surface area (Å²) in [5, 5.41) is 11.3. The number of carbonyl (C=O) groups is 2. The fourth-order valence-electron chi connectivity index (χ4n) is 2.37. The molecule has 1 aliphatic rings. The fourth-order valence-corrected chi connectivity index (χ4v) is 3.07. The molecule has 4 nitrogen and oxygen atoms in total. The average molecular weight is 273 g/mol. The molecule has 19 heavy (non-hydrogen) atoms. The lowest BCUT2D eigenvalue weighted by molar-refractivity contribution is -0.142. The first kappa shape index (κ1) is 11.9. The molecule has 0 saturated carbocycles. The molecule has 1 unspecified atom stereocenters. The Bertz CT molecular complexity index is 636. The number of nitrogens with zero attached hydrogens (tertiary/aromatic N) is 1. The van der Waals surface area contributed by atoms with Gasteiger partial charge < -0.3 is 10.0 Å². The highest BCUT2D eigenvalue weighted by molar-refractivity contribution is 7.09. The zero-order valence-electron chi connectivity index (χ0n) is 9.95. The first-order valence-electron chi connectivity index (χ1n) is 5.83. The normalized spacial score (nSPS) is 17.6. The summed E-state index contributed by atoms with van der Waals surface area (Å²) in [7, 11) is 0. The van der Waals surface area contributed by atoms with Crippen LogP contribution in [0.1, 0.15) is 26.8 Å². The van der Waals surface area contributed by atoms with Gasteiger partial charge in [-0.1, -0.05) is 24.3 Å². The van der Waals surface area contributed by atoms with E-state index in [1.54, 1.807) is 24.3 Å². The number of thiophene rings is 1. The molecule has 3 rings (SSSR count). The minimum Gasteiger partial charge on any atom is -0.479 e. The van der Waals surface area contributed by atoms with Gasteiger partial charge in [0.05, 0.1) is 6.54 Å². The second-order valence-electron chi connectivity index (χ2n) is 4.34. The van der Waals surface area contributed by atoms with Crippen LogP contribution in [0.4, 0.5) is 0 Å². The third-order valence-electron chi connectivity index (χ3n) is 3.20. The highest BCUT2D eigenvalue weighted by Gasteiger charge is 2.40. The van der Waals surface area contributed by atoms with Crippen LogP contribution in [0.25, 0.3) is 0 Å². The van der Waals surface area contributed by atoms with E-state index < -0.39 is 12.0 Å². The largest absolute Gasteiger partial charge is 0.479 e. The molecule has 2 aromatic rings. The first-order valence-corrected chi connectivity index (χ1v) is 6.71. The lowest BCUT2D eigenvalue weighted by atomic mass is 10.1. The van der Waals surface area contributed by atoms with Crippen molar-refractivity contribution in [3.8, 4) is 0 Å². The summed E-state index contributed by atoms with van der Waals surface area (Å²) in [6.07, 6.45) is 0. The predicted octanol–water partition coefficient (Wildman–Crippen LogP) is 2.53. The second kappa shape index (κ2) is 4.51. The number of aliphatic carboxylic acids is 1. The van der Waals surface area contributed by atoms with Crippen molar-refractivity contribution in [1.82, 2.24) is 4.90 Å². The van der Waals surface area contributed by atoms with E-state index in [1.165, 1.54) is 16.2 Å². The smallest absolute Gasteiger partial charge is 0.331 e. The number of hydrogen-bond acceptors (Lipinski definition) is 3. The third-order valence-corrected chi connectivity index (χ3v) is 4.06. The van der Waals surface area contributed by atoms with Crippen LogP contribution in [0.15, 0.2) is 41.8 Å². The molecule has 1 amide bonds. The van der Waals surface area contributed by atoms with Crippen LogP contribution in [0.3, 0.4) is 0 Å². The van der Waals surface area contributed by atoms with Gasteiger partial charge in [-0.2, -0.15) is 0 Å². The number of hydrogen-bond donors (Lipinski definition) is 1. The number of carboxylic acid groups (broad SMARTS) is 1. The standard InChI is InChI=1S/C14H11NO3S/c16-13-11-6-2-1-5-10(11)12(14(17)18)15(13)8-9-4-3-7-19-9/h1-7,12H,8H2,(H,17,18). The number of fused-ring (bicyclic) bond motifs is 1. The Morgan fingerprint density at radius 1 is 1.26 bits per heavy atom. The van der Waals surface area contributed by atoms with Crippen LogP contribution < -0.4 is 0 Å². The van der Waals surface area contributed by atoms with Crippen LogP contribution in [-0.2, 0) is 11.3 Å². The van der Waals surface area contributed by atoms with Gasteiger partial charge in [-0.05, 0) is 23.1 Å². The van der Waals surface area contributed by atoms with E-state index in [0.717, 1.165) is 4.88 Å². The molecule has 96 valence electrons. The van der Waals surface area contributed by atoms with Gasteiger partial charge in [-0.15, -0.1) is 11.3 Å². The van der Waals surface area contributed by atoms with Crippen LogP contribution in [0.5, 0.6) is 0 Å². The van der Waals surface area contributed by atoms with Crippen molar-refractivity contribution in [1.29, 1.82) is 0 Å². The van der Waals surface area contributed by atoms with Crippen molar-refractivity contribution >= 4 is 23.2 Å². The van der Waals surface area contributed by atoms with Gasteiger partial charge in [0.2, 0.25) is 0 Å². The fraction of sp³-hybridized carbons (Fsp3) is 0.143. The number of rotatable bonds is 3. The number of amides is 1. The number of benzene rings is 1. The van der Waals surface area contributed by atoms with Crippen molar-refractivity contribution in [2.45, 2.75) is 12.6 Å². The van der Waals surface area contributed by atoms with E-state index in [9.17, 15) is 14.7 Å². The van der Waals surface area contributed by atoms with Crippen LogP contribution in [-0.4, -0.2) is 21.9 Å². The second-order valence-corrected chi connectivity index (χ2v) is 5.37. The summed E-state index contributed by atoms with van der Waals surface area (Å²) in [6.45, 7) is 0.335. The van der Waals surface area contributed by atoms with Gasteiger partial charge in [0.15, 0.2) is 6.04 Å². The quantitative estimate of drug-likeness (QED) is 0.935. The molecule has 1 aromatic heterocycles. The maximum Gasteiger partial charge on any atom is 0.331 e. The van der Waals surface area contributed by atoms with Crippen LogP contribution in [0, 0.1) is 0 Å². The molecule has 0 fully saturated rings. The average Bonchev–Trinajstić information content (AvgIpc) is 2.98.